The third-order valence-corrected chi connectivity index (χ3v) is 5.27. The molecule has 0 saturated carbocycles. The van der Waals surface area contributed by atoms with E-state index in [0.717, 1.165) is 41.9 Å². The van der Waals surface area contributed by atoms with Crippen molar-refractivity contribution in [2.45, 2.75) is 38.5 Å². The molecule has 0 spiro atoms. The summed E-state index contributed by atoms with van der Waals surface area (Å²) in [5, 5.41) is 12.5. The lowest BCUT2D eigenvalue weighted by Crippen LogP contribution is -2.18. The summed E-state index contributed by atoms with van der Waals surface area (Å²) in [6.07, 6.45) is 5.39. The van der Waals surface area contributed by atoms with Crippen molar-refractivity contribution in [2.75, 3.05) is 4.90 Å². The molecule has 3 N–H and O–H groups in total. The predicted octanol–water partition coefficient (Wildman–Crippen LogP) is 5.45. The topological polar surface area (TPSA) is 94.0 Å². The van der Waals surface area contributed by atoms with Crippen molar-refractivity contribution >= 4 is 35.1 Å². The number of hydrogen-bond acceptors (Lipinski definition) is 5. The smallest absolute Gasteiger partial charge is 0.243 e. The van der Waals surface area contributed by atoms with E-state index in [0.29, 0.717) is 19.3 Å². The normalized spacial score (nSPS) is 10.7. The van der Waals surface area contributed by atoms with Gasteiger partial charge >= 0.3 is 0 Å². The van der Waals surface area contributed by atoms with Gasteiger partial charge in [0, 0.05) is 29.9 Å². The second-order valence-electron chi connectivity index (χ2n) is 7.84. The van der Waals surface area contributed by atoms with Crippen molar-refractivity contribution in [3.05, 3.63) is 90.5 Å². The number of nitrogens with one attached hydrogen (secondary N) is 2. The lowest BCUT2D eigenvalue weighted by Gasteiger charge is -2.25. The predicted molar refractivity (Wildman–Crippen MR) is 134 cm³/mol. The van der Waals surface area contributed by atoms with Gasteiger partial charge in [0.25, 0.3) is 0 Å². The highest BCUT2D eigenvalue weighted by atomic mass is 16.5. The summed E-state index contributed by atoms with van der Waals surface area (Å²) in [4.78, 5) is 25.1. The number of carbonyl (C=O) groups excluding carboxylic acids is 2. The van der Waals surface area contributed by atoms with Gasteiger partial charge < -0.3 is 4.90 Å². The molecule has 0 radical (unpaired) electrons. The van der Waals surface area contributed by atoms with Crippen LogP contribution >= 0.6 is 0 Å². The molecule has 34 heavy (non-hydrogen) atoms. The van der Waals surface area contributed by atoms with Crippen LogP contribution in [0.5, 0.6) is 0 Å². The molecule has 0 unspecified atom stereocenters. The van der Waals surface area contributed by atoms with Crippen LogP contribution in [0.2, 0.25) is 0 Å². The first kappa shape index (κ1) is 24.7. The monoisotopic (exact) mass is 458 g/mol. The van der Waals surface area contributed by atoms with E-state index in [4.69, 9.17) is 5.21 Å². The minimum Gasteiger partial charge on any atom is -0.311 e. The number of nitrogens with zero attached hydrogens (tertiary/aromatic N) is 2. The number of para-hydroxylation sites is 2. The Kier molecular flexibility index (Phi) is 9.83. The number of unbranched alkanes of at least 4 members (excludes halogenated alkanes) is 3. The van der Waals surface area contributed by atoms with E-state index in [1.165, 1.54) is 0 Å². The SMILES string of the molecule is O=C(CCCCCCC(=O)N/N=C\c1ccc(N(c2ccccc2)c2ccccc2)cc1)NO. The third-order valence-electron chi connectivity index (χ3n) is 5.27. The fraction of sp³-hybridized carbons (Fsp3) is 0.222. The first-order chi connectivity index (χ1) is 16.7. The molecule has 0 aliphatic carbocycles. The highest BCUT2D eigenvalue weighted by molar-refractivity contribution is 5.84. The van der Waals surface area contributed by atoms with E-state index in [9.17, 15) is 9.59 Å². The Morgan fingerprint density at radius 3 is 1.74 bits per heavy atom. The molecule has 0 aliphatic heterocycles. The molecular formula is C27H30N4O3. The van der Waals surface area contributed by atoms with Gasteiger partial charge in [0.1, 0.15) is 0 Å². The minimum atomic E-state index is -0.382. The van der Waals surface area contributed by atoms with Gasteiger partial charge in [-0.25, -0.2) is 10.9 Å². The van der Waals surface area contributed by atoms with E-state index in [1.54, 1.807) is 11.7 Å². The van der Waals surface area contributed by atoms with Gasteiger partial charge in [0.2, 0.25) is 11.8 Å². The van der Waals surface area contributed by atoms with Crippen LogP contribution in [0.3, 0.4) is 0 Å². The molecule has 3 aromatic rings. The zero-order chi connectivity index (χ0) is 24.0. The highest BCUT2D eigenvalue weighted by Crippen LogP contribution is 2.33. The summed E-state index contributed by atoms with van der Waals surface area (Å²) in [6, 6.07) is 28.4. The Hall–Kier alpha value is -3.97. The maximum Gasteiger partial charge on any atom is 0.243 e. The summed E-state index contributed by atoms with van der Waals surface area (Å²) in [6.45, 7) is 0. The Morgan fingerprint density at radius 2 is 1.21 bits per heavy atom. The molecule has 0 aromatic heterocycles. The van der Waals surface area contributed by atoms with Gasteiger partial charge in [-0.3, -0.25) is 14.8 Å². The van der Waals surface area contributed by atoms with Crippen LogP contribution in [0.25, 0.3) is 0 Å². The zero-order valence-corrected chi connectivity index (χ0v) is 19.1. The summed E-state index contributed by atoms with van der Waals surface area (Å²) in [7, 11) is 0. The van der Waals surface area contributed by atoms with Gasteiger partial charge in [-0.05, 0) is 54.8 Å². The molecule has 0 fully saturated rings. The van der Waals surface area contributed by atoms with Crippen LogP contribution in [-0.4, -0.2) is 23.2 Å². The Morgan fingerprint density at radius 1 is 0.706 bits per heavy atom. The summed E-state index contributed by atoms with van der Waals surface area (Å²) in [5.41, 5.74) is 8.22. The lowest BCUT2D eigenvalue weighted by molar-refractivity contribution is -0.129. The average molecular weight is 459 g/mol. The molecule has 3 rings (SSSR count). The number of hydrogen-bond donors (Lipinski definition) is 3. The second-order valence-corrected chi connectivity index (χ2v) is 7.84. The van der Waals surface area contributed by atoms with E-state index in [2.05, 4.69) is 39.7 Å². The number of carbonyl (C=O) groups is 2. The van der Waals surface area contributed by atoms with E-state index < -0.39 is 0 Å². The first-order valence-electron chi connectivity index (χ1n) is 11.4. The maximum atomic E-state index is 11.9. The average Bonchev–Trinajstić information content (AvgIpc) is 2.88. The highest BCUT2D eigenvalue weighted by Gasteiger charge is 2.11. The standard InChI is InChI=1S/C27H30N4O3/c32-26(15-9-1-2-10-16-27(33)30-34)29-28-21-22-17-19-25(20-18-22)31(23-11-5-3-6-12-23)24-13-7-4-8-14-24/h3-8,11-14,17-21,34H,1-2,9-10,15-16H2,(H,29,32)(H,30,33)/b28-21-. The molecular weight excluding hydrogens is 428 g/mol. The van der Waals surface area contributed by atoms with Crippen molar-refractivity contribution in [1.29, 1.82) is 0 Å². The van der Waals surface area contributed by atoms with Gasteiger partial charge in [-0.2, -0.15) is 5.10 Å². The maximum absolute atomic E-state index is 11.9. The van der Waals surface area contributed by atoms with Gasteiger partial charge in [-0.15, -0.1) is 0 Å². The third kappa shape index (κ3) is 7.86. The quantitative estimate of drug-likeness (QED) is 0.146. The number of benzene rings is 3. The van der Waals surface area contributed by atoms with E-state index in [-0.39, 0.29) is 11.8 Å². The van der Waals surface area contributed by atoms with Crippen LogP contribution in [-0.2, 0) is 9.59 Å². The van der Waals surface area contributed by atoms with E-state index >= 15 is 0 Å². The van der Waals surface area contributed by atoms with Crippen molar-refractivity contribution in [1.82, 2.24) is 10.9 Å². The van der Waals surface area contributed by atoms with Gasteiger partial charge in [0.05, 0.1) is 6.21 Å². The zero-order valence-electron chi connectivity index (χ0n) is 19.1. The van der Waals surface area contributed by atoms with Crippen LogP contribution in [0, 0.1) is 0 Å². The molecule has 7 nitrogen and oxygen atoms in total. The van der Waals surface area contributed by atoms with Crippen molar-refractivity contribution in [3.8, 4) is 0 Å². The minimum absolute atomic E-state index is 0.139. The molecule has 0 saturated heterocycles. The second kappa shape index (κ2) is 13.5. The summed E-state index contributed by atoms with van der Waals surface area (Å²) < 4.78 is 0. The van der Waals surface area contributed by atoms with E-state index in [1.807, 2.05) is 60.7 Å². The van der Waals surface area contributed by atoms with Crippen molar-refractivity contribution in [2.24, 2.45) is 5.10 Å². The molecule has 0 atom stereocenters. The Bertz CT molecular complexity index is 1010. The largest absolute Gasteiger partial charge is 0.311 e. The van der Waals surface area contributed by atoms with Crippen molar-refractivity contribution in [3.63, 3.8) is 0 Å². The number of amides is 2. The molecule has 0 bridgehead atoms. The number of rotatable bonds is 12. The molecule has 176 valence electrons. The lowest BCUT2D eigenvalue weighted by atomic mass is 10.1. The Labute approximate surface area is 200 Å². The van der Waals surface area contributed by atoms with Gasteiger partial charge in [-0.1, -0.05) is 61.4 Å². The number of hydroxylamine groups is 1. The molecule has 7 heteroatoms. The van der Waals surface area contributed by atoms with Crippen LogP contribution in [0.15, 0.2) is 90.0 Å². The van der Waals surface area contributed by atoms with Gasteiger partial charge in [0.15, 0.2) is 0 Å². The summed E-state index contributed by atoms with van der Waals surface area (Å²) >= 11 is 0. The van der Waals surface area contributed by atoms with Crippen LogP contribution < -0.4 is 15.8 Å². The first-order valence-corrected chi connectivity index (χ1v) is 11.4. The molecule has 0 heterocycles. The summed E-state index contributed by atoms with van der Waals surface area (Å²) in [5.74, 6) is -0.520. The fourth-order valence-electron chi connectivity index (χ4n) is 3.53. The Balaban J connectivity index is 1.51. The fourth-order valence-corrected chi connectivity index (χ4v) is 3.53. The van der Waals surface area contributed by atoms with Crippen molar-refractivity contribution < 1.29 is 14.8 Å². The van der Waals surface area contributed by atoms with Crippen LogP contribution in [0.4, 0.5) is 17.1 Å². The number of anilines is 3. The molecule has 2 amide bonds. The van der Waals surface area contributed by atoms with Crippen LogP contribution in [0.1, 0.15) is 44.1 Å². The molecule has 0 aliphatic rings. The molecule has 3 aromatic carbocycles. The number of hydrazone groups is 1.